The Bertz CT molecular complexity index is 6660. The maximum Gasteiger partial charge on any atom is 0.252 e. The van der Waals surface area contributed by atoms with E-state index in [-0.39, 0.29) is 50.1 Å². The number of para-hydroxylation sites is 5. The summed E-state index contributed by atoms with van der Waals surface area (Å²) < 4.78 is 79.8. The predicted octanol–water partition coefficient (Wildman–Crippen LogP) is 26.0. The molecule has 2 aromatic heterocycles. The molecule has 2 aliphatic rings. The summed E-state index contributed by atoms with van der Waals surface area (Å²) in [6, 6.07) is 104. The molecule has 0 atom stereocenters. The summed E-state index contributed by atoms with van der Waals surface area (Å²) in [6.45, 7) is 20.1. The van der Waals surface area contributed by atoms with Crippen LogP contribution in [0.25, 0.3) is 99.5 Å². The summed E-state index contributed by atoms with van der Waals surface area (Å²) >= 11 is 0. The summed E-state index contributed by atoms with van der Waals surface area (Å²) in [5.74, 6) is 0. The van der Waals surface area contributed by atoms with Crippen LogP contribution in [-0.2, 0) is 16.2 Å². The smallest absolute Gasteiger partial charge is 0.252 e. The highest BCUT2D eigenvalue weighted by Crippen LogP contribution is 2.52. The molecular formula is C102H84BN5. The van der Waals surface area contributed by atoms with Crippen LogP contribution in [0.2, 0.25) is 0 Å². The van der Waals surface area contributed by atoms with Gasteiger partial charge in [-0.2, -0.15) is 0 Å². The fourth-order valence-corrected chi connectivity index (χ4v) is 16.6. The van der Waals surface area contributed by atoms with Gasteiger partial charge in [0.1, 0.15) is 0 Å². The Labute approximate surface area is 645 Å². The zero-order valence-electron chi connectivity index (χ0n) is 70.1. The van der Waals surface area contributed by atoms with Gasteiger partial charge in [-0.25, -0.2) is 0 Å². The molecule has 0 saturated heterocycles. The van der Waals surface area contributed by atoms with Crippen molar-refractivity contribution in [2.75, 3.05) is 14.7 Å². The molecule has 5 nitrogen and oxygen atoms in total. The van der Waals surface area contributed by atoms with Crippen LogP contribution in [0.4, 0.5) is 51.2 Å². The molecule has 17 aromatic rings. The van der Waals surface area contributed by atoms with E-state index in [9.17, 15) is 8.22 Å². The Morgan fingerprint density at radius 1 is 0.269 bits per heavy atom. The number of hydrogen-bond donors (Lipinski definition) is 0. The Hall–Kier alpha value is -12.6. The van der Waals surface area contributed by atoms with Crippen LogP contribution in [0.15, 0.2) is 346 Å². The van der Waals surface area contributed by atoms with E-state index in [1.165, 1.54) is 21.9 Å². The molecule has 0 radical (unpaired) electrons. The van der Waals surface area contributed by atoms with Crippen LogP contribution < -0.4 is 31.1 Å². The van der Waals surface area contributed by atoms with Crippen LogP contribution in [0.5, 0.6) is 0 Å². The topological polar surface area (TPSA) is 19.6 Å². The quantitative estimate of drug-likeness (QED) is 0.120. The molecular weight excluding hydrogens is 1310 g/mol. The zero-order chi connectivity index (χ0) is 80.3. The van der Waals surface area contributed by atoms with Gasteiger partial charge in [-0.3, -0.25) is 0 Å². The highest BCUT2D eigenvalue weighted by atomic mass is 15.2. The summed E-state index contributed by atoms with van der Waals surface area (Å²) in [4.78, 5) is 7.29. The zero-order valence-corrected chi connectivity index (χ0v) is 62.1. The molecule has 2 aliphatic heterocycles. The number of hydrogen-bond acceptors (Lipinski definition) is 3. The molecule has 0 bridgehead atoms. The molecule has 0 spiro atoms. The minimum Gasteiger partial charge on any atom is -0.311 e. The fraction of sp³-hybridized carbons (Fsp3) is 0.118. The summed E-state index contributed by atoms with van der Waals surface area (Å²) in [5.41, 5.74) is 25.9. The van der Waals surface area contributed by atoms with E-state index in [1.807, 2.05) is 18.2 Å². The van der Waals surface area contributed by atoms with Gasteiger partial charge in [-0.1, -0.05) is 287 Å². The minimum absolute atomic E-state index is 0.00471. The SMILES string of the molecule is [2H]c1c([2H])c([2H])c2c(c1[2H])c1c([2H])c([2H])c([2H])c([2H])c1n2-c1ccc2c(c1)N(c1cc(-c3ccccc3)cc(-c3ccccc3)c1)c1cc(N(c3ccccc3)c3ccc(-n4c5ccccc5c5ccccc54)cc3)cc3c1B2c1ccc(-c2cc(C(C)(C)C)cc(C(C)(C)C)c2)cc1N3c1cc(-c2ccccc2)cc(C(C)(C)C)c1. The fourth-order valence-electron chi connectivity index (χ4n) is 16.6. The van der Waals surface area contributed by atoms with Crippen molar-refractivity contribution in [3.8, 4) is 55.9 Å². The van der Waals surface area contributed by atoms with E-state index in [0.717, 1.165) is 134 Å². The number of aromatic nitrogens is 2. The largest absolute Gasteiger partial charge is 0.311 e. The summed E-state index contributed by atoms with van der Waals surface area (Å²) in [7, 11) is 0. The maximum atomic E-state index is 9.87. The number of rotatable bonds is 11. The van der Waals surface area contributed by atoms with E-state index in [0.29, 0.717) is 5.69 Å². The van der Waals surface area contributed by atoms with E-state index in [1.54, 1.807) is 4.57 Å². The first kappa shape index (κ1) is 57.7. The second-order valence-corrected chi connectivity index (χ2v) is 32.0. The average Bonchev–Trinajstić information content (AvgIpc) is 1.04. The van der Waals surface area contributed by atoms with Crippen molar-refractivity contribution < 1.29 is 11.0 Å². The van der Waals surface area contributed by atoms with Gasteiger partial charge in [-0.15, -0.1) is 0 Å². The van der Waals surface area contributed by atoms with Crippen LogP contribution in [0.1, 0.15) is 90.0 Å². The first-order valence-electron chi connectivity index (χ1n) is 41.4. The van der Waals surface area contributed by atoms with Crippen molar-refractivity contribution >= 4 is 118 Å². The van der Waals surface area contributed by atoms with Crippen LogP contribution in [0.3, 0.4) is 0 Å². The third-order valence-corrected chi connectivity index (χ3v) is 22.1. The average molecular weight is 1400 g/mol. The monoisotopic (exact) mass is 1400 g/mol. The molecule has 19 rings (SSSR count). The number of anilines is 9. The number of benzene rings is 15. The molecule has 0 unspecified atom stereocenters. The first-order valence-corrected chi connectivity index (χ1v) is 37.4. The van der Waals surface area contributed by atoms with Crippen molar-refractivity contribution in [1.82, 2.24) is 9.13 Å². The van der Waals surface area contributed by atoms with Gasteiger partial charge >= 0.3 is 0 Å². The highest BCUT2D eigenvalue weighted by Gasteiger charge is 2.45. The van der Waals surface area contributed by atoms with E-state index < -0.39 is 43.0 Å². The normalized spacial score (nSPS) is 13.8. The molecule has 4 heterocycles. The Balaban J connectivity index is 0.978. The molecule has 15 aromatic carbocycles. The second-order valence-electron chi connectivity index (χ2n) is 32.0. The standard InChI is InChI=1S/C102H84BN5/c1-100(2,3)75-55-73(56-76(62-75)101(4,5)6)70-46-52-89-95(61-70)108(83-60-74(69-34-18-12-19-35-69)57-77(63-83)102(7,8)9)98-66-84(104(78-36-20-13-21-37-78)79-47-49-80(50-48-79)105-91-42-26-22-38-85(91)86-39-23-27-43-92(86)105)65-97-99(98)103(89)90-53-51-81(106-93-44-28-24-40-87(93)88-41-25-29-45-94(88)106)64-96(90)107(97)82-58-71(67-30-14-10-15-31-67)54-72(59-82)68-32-16-11-17-33-68/h10-66H,1-9H3/i24D,25D,28D,29D,40D,41D,44D,45D. The maximum absolute atomic E-state index is 9.87. The van der Waals surface area contributed by atoms with Gasteiger partial charge in [0.2, 0.25) is 0 Å². The van der Waals surface area contributed by atoms with Gasteiger partial charge in [0.15, 0.2) is 0 Å². The molecule has 0 aliphatic carbocycles. The Morgan fingerprint density at radius 2 is 0.667 bits per heavy atom. The van der Waals surface area contributed by atoms with Gasteiger partial charge in [-0.05, 0) is 215 Å². The third-order valence-electron chi connectivity index (χ3n) is 22.1. The van der Waals surface area contributed by atoms with Gasteiger partial charge in [0, 0.05) is 78.4 Å². The minimum atomic E-state index is -0.505. The van der Waals surface area contributed by atoms with Crippen molar-refractivity contribution in [2.45, 2.75) is 78.6 Å². The Kier molecular flexibility index (Phi) is 13.6. The van der Waals surface area contributed by atoms with Gasteiger partial charge in [0.25, 0.3) is 6.71 Å². The third kappa shape index (κ3) is 11.3. The summed E-state index contributed by atoms with van der Waals surface area (Å²) in [5, 5.41) is 2.36. The molecule has 6 heteroatoms. The van der Waals surface area contributed by atoms with Gasteiger partial charge < -0.3 is 23.8 Å². The number of nitrogens with zero attached hydrogens (tertiary/aromatic N) is 5. The lowest BCUT2D eigenvalue weighted by Gasteiger charge is -2.45. The highest BCUT2D eigenvalue weighted by molar-refractivity contribution is 7.00. The van der Waals surface area contributed by atoms with Crippen molar-refractivity contribution in [3.05, 3.63) is 362 Å². The van der Waals surface area contributed by atoms with Gasteiger partial charge in [0.05, 0.1) is 38.7 Å². The molecule has 0 amide bonds. The molecule has 520 valence electrons. The van der Waals surface area contributed by atoms with Crippen molar-refractivity contribution in [1.29, 1.82) is 0 Å². The Morgan fingerprint density at radius 3 is 1.18 bits per heavy atom. The van der Waals surface area contributed by atoms with Crippen LogP contribution >= 0.6 is 0 Å². The molecule has 108 heavy (non-hydrogen) atoms. The number of fused-ring (bicyclic) bond motifs is 10. The van der Waals surface area contributed by atoms with E-state index in [4.69, 9.17) is 2.74 Å². The lowest BCUT2D eigenvalue weighted by Crippen LogP contribution is -2.61. The van der Waals surface area contributed by atoms with Crippen LogP contribution in [-0.4, -0.2) is 15.8 Å². The van der Waals surface area contributed by atoms with Crippen molar-refractivity contribution in [3.63, 3.8) is 0 Å². The van der Waals surface area contributed by atoms with E-state index >= 15 is 0 Å². The summed E-state index contributed by atoms with van der Waals surface area (Å²) in [6.07, 6.45) is 0. The first-order chi connectivity index (χ1) is 55.8. The second kappa shape index (κ2) is 25.6. The molecule has 0 saturated carbocycles. The van der Waals surface area contributed by atoms with Crippen molar-refractivity contribution in [2.24, 2.45) is 0 Å². The lowest BCUT2D eigenvalue weighted by atomic mass is 9.33. The lowest BCUT2D eigenvalue weighted by molar-refractivity contribution is 0.569. The molecule has 0 N–H and O–H groups in total. The molecule has 0 fully saturated rings. The predicted molar refractivity (Wildman–Crippen MR) is 462 cm³/mol. The van der Waals surface area contributed by atoms with Crippen LogP contribution in [0, 0.1) is 0 Å². The van der Waals surface area contributed by atoms with E-state index in [2.05, 4.69) is 361 Å².